The van der Waals surface area contributed by atoms with Gasteiger partial charge in [-0.3, -0.25) is 0 Å². The van der Waals surface area contributed by atoms with E-state index in [0.717, 1.165) is 23.2 Å². The van der Waals surface area contributed by atoms with Crippen molar-refractivity contribution in [3.05, 3.63) is 41.2 Å². The number of aliphatic hydroxyl groups excluding tert-OH is 1. The smallest absolute Gasteiger partial charge is 0.139 e. The molecule has 3 nitrogen and oxygen atoms in total. The summed E-state index contributed by atoms with van der Waals surface area (Å²) in [5.74, 6) is 1.24. The van der Waals surface area contributed by atoms with Gasteiger partial charge >= 0.3 is 0 Å². The van der Waals surface area contributed by atoms with E-state index in [9.17, 15) is 5.11 Å². The summed E-state index contributed by atoms with van der Waals surface area (Å²) in [5.41, 5.74) is 3.83. The van der Waals surface area contributed by atoms with Gasteiger partial charge in [0.2, 0.25) is 0 Å². The van der Waals surface area contributed by atoms with Gasteiger partial charge in [0.1, 0.15) is 11.5 Å². The molecule has 0 saturated heterocycles. The Hall–Kier alpha value is -1.61. The SMILES string of the molecule is CCC(C)c1ccc(-c2noc(C)c2CO)cc1. The number of rotatable bonds is 4. The predicted molar refractivity (Wildman–Crippen MR) is 71.3 cm³/mol. The second-order valence-electron chi connectivity index (χ2n) is 4.66. The minimum Gasteiger partial charge on any atom is -0.391 e. The summed E-state index contributed by atoms with van der Waals surface area (Å²) < 4.78 is 5.13. The minimum absolute atomic E-state index is 0.0439. The normalized spacial score (nSPS) is 12.7. The fourth-order valence-electron chi connectivity index (χ4n) is 2.01. The Kier molecular flexibility index (Phi) is 3.82. The number of aliphatic hydroxyl groups is 1. The zero-order valence-corrected chi connectivity index (χ0v) is 11.1. The predicted octanol–water partition coefficient (Wildman–Crippen LogP) is 3.66. The van der Waals surface area contributed by atoms with Crippen LogP contribution in [0.15, 0.2) is 28.8 Å². The van der Waals surface area contributed by atoms with Crippen LogP contribution in [-0.4, -0.2) is 10.3 Å². The van der Waals surface area contributed by atoms with Crippen molar-refractivity contribution in [2.45, 2.75) is 39.7 Å². The van der Waals surface area contributed by atoms with Crippen molar-refractivity contribution in [1.29, 1.82) is 0 Å². The third-order valence-corrected chi connectivity index (χ3v) is 3.51. The van der Waals surface area contributed by atoms with Crippen LogP contribution in [0.25, 0.3) is 11.3 Å². The van der Waals surface area contributed by atoms with Gasteiger partial charge in [0, 0.05) is 11.1 Å². The highest BCUT2D eigenvalue weighted by molar-refractivity contribution is 5.63. The maximum atomic E-state index is 9.33. The van der Waals surface area contributed by atoms with Crippen LogP contribution in [0.5, 0.6) is 0 Å². The molecule has 2 aromatic rings. The zero-order chi connectivity index (χ0) is 13.1. The summed E-state index contributed by atoms with van der Waals surface area (Å²) in [6.45, 7) is 6.17. The van der Waals surface area contributed by atoms with Crippen molar-refractivity contribution in [2.24, 2.45) is 0 Å². The van der Waals surface area contributed by atoms with E-state index in [1.165, 1.54) is 5.56 Å². The summed E-state index contributed by atoms with van der Waals surface area (Å²) in [6.07, 6.45) is 1.13. The van der Waals surface area contributed by atoms with E-state index in [4.69, 9.17) is 4.52 Å². The molecule has 0 aliphatic rings. The number of aromatic nitrogens is 1. The van der Waals surface area contributed by atoms with Gasteiger partial charge in [0.25, 0.3) is 0 Å². The van der Waals surface area contributed by atoms with Crippen LogP contribution < -0.4 is 0 Å². The molecule has 1 atom stereocenters. The molecule has 0 radical (unpaired) electrons. The highest BCUT2D eigenvalue weighted by Crippen LogP contribution is 2.27. The third-order valence-electron chi connectivity index (χ3n) is 3.51. The lowest BCUT2D eigenvalue weighted by molar-refractivity contribution is 0.278. The molecule has 2 rings (SSSR count). The van der Waals surface area contributed by atoms with Gasteiger partial charge in [-0.2, -0.15) is 0 Å². The molecule has 0 aliphatic heterocycles. The topological polar surface area (TPSA) is 46.3 Å². The molecule has 0 bridgehead atoms. The highest BCUT2D eigenvalue weighted by Gasteiger charge is 2.13. The van der Waals surface area contributed by atoms with E-state index in [1.54, 1.807) is 0 Å². The van der Waals surface area contributed by atoms with Crippen LogP contribution in [0.1, 0.15) is 43.1 Å². The van der Waals surface area contributed by atoms with E-state index >= 15 is 0 Å². The van der Waals surface area contributed by atoms with Crippen molar-refractivity contribution in [2.75, 3.05) is 0 Å². The van der Waals surface area contributed by atoms with Crippen LogP contribution in [0.3, 0.4) is 0 Å². The Morgan fingerprint density at radius 3 is 2.50 bits per heavy atom. The monoisotopic (exact) mass is 245 g/mol. The molecule has 18 heavy (non-hydrogen) atoms. The number of hydrogen-bond acceptors (Lipinski definition) is 3. The average molecular weight is 245 g/mol. The molecule has 0 spiro atoms. The molecule has 0 amide bonds. The van der Waals surface area contributed by atoms with Gasteiger partial charge in [-0.05, 0) is 24.8 Å². The first-order chi connectivity index (χ1) is 8.67. The molecular formula is C15H19NO2. The third kappa shape index (κ3) is 2.31. The summed E-state index contributed by atoms with van der Waals surface area (Å²) in [6, 6.07) is 8.32. The Bertz CT molecular complexity index is 514. The first kappa shape index (κ1) is 12.8. The highest BCUT2D eigenvalue weighted by atomic mass is 16.5. The van der Waals surface area contributed by atoms with Crippen molar-refractivity contribution in [1.82, 2.24) is 5.16 Å². The van der Waals surface area contributed by atoms with Crippen LogP contribution in [0.4, 0.5) is 0 Å². The number of hydrogen-bond donors (Lipinski definition) is 1. The maximum Gasteiger partial charge on any atom is 0.139 e. The molecule has 3 heteroatoms. The molecule has 0 fully saturated rings. The van der Waals surface area contributed by atoms with Crippen LogP contribution >= 0.6 is 0 Å². The van der Waals surface area contributed by atoms with Gasteiger partial charge in [-0.1, -0.05) is 43.3 Å². The largest absolute Gasteiger partial charge is 0.391 e. The van der Waals surface area contributed by atoms with Gasteiger partial charge < -0.3 is 9.63 Å². The van der Waals surface area contributed by atoms with Crippen LogP contribution in [-0.2, 0) is 6.61 Å². The molecule has 96 valence electrons. The lowest BCUT2D eigenvalue weighted by Crippen LogP contribution is -1.92. The molecular weight excluding hydrogens is 226 g/mol. The Morgan fingerprint density at radius 1 is 1.28 bits per heavy atom. The second kappa shape index (κ2) is 5.36. The number of aryl methyl sites for hydroxylation is 1. The first-order valence-electron chi connectivity index (χ1n) is 6.33. The van der Waals surface area contributed by atoms with E-state index < -0.39 is 0 Å². The quantitative estimate of drug-likeness (QED) is 0.894. The van der Waals surface area contributed by atoms with Gasteiger partial charge in [0.15, 0.2) is 0 Å². The lowest BCUT2D eigenvalue weighted by atomic mass is 9.96. The van der Waals surface area contributed by atoms with Crippen molar-refractivity contribution in [3.63, 3.8) is 0 Å². The summed E-state index contributed by atoms with van der Waals surface area (Å²) in [5, 5.41) is 13.3. The Labute approximate surface area is 107 Å². The Balaban J connectivity index is 2.34. The standard InChI is InChI=1S/C15H19NO2/c1-4-10(2)12-5-7-13(8-6-12)15-14(9-17)11(3)18-16-15/h5-8,10,17H,4,9H2,1-3H3. The second-order valence-corrected chi connectivity index (χ2v) is 4.66. The molecule has 1 N–H and O–H groups in total. The summed E-state index contributed by atoms with van der Waals surface area (Å²) in [7, 11) is 0. The van der Waals surface area contributed by atoms with Crippen molar-refractivity contribution >= 4 is 0 Å². The molecule has 0 aliphatic carbocycles. The minimum atomic E-state index is -0.0439. The van der Waals surface area contributed by atoms with Gasteiger partial charge in [-0.15, -0.1) is 0 Å². The summed E-state index contributed by atoms with van der Waals surface area (Å²) >= 11 is 0. The lowest BCUT2D eigenvalue weighted by Gasteiger charge is -2.09. The van der Waals surface area contributed by atoms with E-state index in [-0.39, 0.29) is 6.61 Å². The van der Waals surface area contributed by atoms with Crippen molar-refractivity contribution < 1.29 is 9.63 Å². The van der Waals surface area contributed by atoms with Crippen LogP contribution in [0, 0.1) is 6.92 Å². The Morgan fingerprint density at radius 2 is 1.94 bits per heavy atom. The van der Waals surface area contributed by atoms with E-state index in [0.29, 0.717) is 11.7 Å². The first-order valence-corrected chi connectivity index (χ1v) is 6.33. The number of benzene rings is 1. The number of nitrogens with zero attached hydrogens (tertiary/aromatic N) is 1. The van der Waals surface area contributed by atoms with Gasteiger partial charge in [-0.25, -0.2) is 0 Å². The van der Waals surface area contributed by atoms with Gasteiger partial charge in [0.05, 0.1) is 6.61 Å². The average Bonchev–Trinajstić information content (AvgIpc) is 2.79. The molecule has 1 aromatic carbocycles. The maximum absolute atomic E-state index is 9.33. The molecule has 0 saturated carbocycles. The van der Waals surface area contributed by atoms with E-state index in [2.05, 4.69) is 31.1 Å². The molecule has 1 unspecified atom stereocenters. The fourth-order valence-corrected chi connectivity index (χ4v) is 2.01. The van der Waals surface area contributed by atoms with E-state index in [1.807, 2.05) is 19.1 Å². The fraction of sp³-hybridized carbons (Fsp3) is 0.400. The molecule has 1 heterocycles. The van der Waals surface area contributed by atoms with Crippen molar-refractivity contribution in [3.8, 4) is 11.3 Å². The summed E-state index contributed by atoms with van der Waals surface area (Å²) in [4.78, 5) is 0. The zero-order valence-electron chi connectivity index (χ0n) is 11.1. The molecule has 1 aromatic heterocycles. The van der Waals surface area contributed by atoms with Crippen LogP contribution in [0.2, 0.25) is 0 Å².